The minimum absolute atomic E-state index is 0.00333. The zero-order valence-electron chi connectivity index (χ0n) is 76.2. The first-order chi connectivity index (χ1) is 61.6. The lowest BCUT2D eigenvalue weighted by Crippen LogP contribution is -2.51. The third kappa shape index (κ3) is 32.4. The van der Waals surface area contributed by atoms with E-state index in [0.717, 1.165) is 77.5 Å². The Labute approximate surface area is 781 Å². The van der Waals surface area contributed by atoms with Crippen LogP contribution < -0.4 is 54.3 Å². The monoisotopic (exact) mass is 1990 g/mol. The van der Waals surface area contributed by atoms with Crippen LogP contribution in [0.15, 0.2) is 45.8 Å². The number of nitrogens with two attached hydrogens (primary N) is 1. The van der Waals surface area contributed by atoms with Crippen molar-refractivity contribution in [1.82, 2.24) is 74.3 Å². The Morgan fingerprint density at radius 1 is 0.481 bits per heavy atom. The summed E-state index contributed by atoms with van der Waals surface area (Å²) in [5, 5.41) is 13.4. The molecule has 0 bridgehead atoms. The second-order valence-corrected chi connectivity index (χ2v) is 39.6. The van der Waals surface area contributed by atoms with Crippen LogP contribution in [0.25, 0.3) is 0 Å². The van der Waals surface area contributed by atoms with Crippen molar-refractivity contribution >= 4 is 107 Å². The molecule has 131 heavy (non-hydrogen) atoms. The SMILES string of the molecule is CCOC(=O)C(=O)CBr.CN1CC(Oc2cc(N(C)C3CCC(F)(F)CC3)nc(C#N)n2)C1.CN1CC(Oc2cc(N(C)C3CCC(F)(F)CC3)nc(C(N)=S)n2)C1.CN1CC(Oc2cc(N(C)C3CCC(F)(F)CC3)nc(S(C)(=O)=O)n2)C1.CSc1nc(NC2CCC(F)(F)CC2)cc(OC2CN(C)C2)n1.CSc1nc(OC2CN(C)C2)cc(N(C)C2CCC(F)(F)CC2)n1. The lowest BCUT2D eigenvalue weighted by Gasteiger charge is -2.36. The van der Waals surface area contributed by atoms with Gasteiger partial charge in [-0.05, 0) is 119 Å². The molecule has 15 rings (SSSR count). The van der Waals surface area contributed by atoms with E-state index in [-0.39, 0.29) is 165 Å². The van der Waals surface area contributed by atoms with Gasteiger partial charge in [0.25, 0.3) is 5.16 Å². The topological polar surface area (TPSA) is 344 Å². The van der Waals surface area contributed by atoms with Gasteiger partial charge in [0.2, 0.25) is 80.5 Å². The maximum atomic E-state index is 13.4. The number of esters is 1. The largest absolute Gasteiger partial charge is 0.471 e. The molecule has 0 unspecified atom stereocenters. The molecule has 5 aliphatic carbocycles. The molecule has 10 aliphatic rings. The van der Waals surface area contributed by atoms with Gasteiger partial charge in [-0.25, -0.2) is 82.0 Å². The van der Waals surface area contributed by atoms with Crippen molar-refractivity contribution in [1.29, 1.82) is 5.26 Å². The smallest absolute Gasteiger partial charge is 0.375 e. The summed E-state index contributed by atoms with van der Waals surface area (Å²) in [7, 11) is 13.8. The van der Waals surface area contributed by atoms with Crippen LogP contribution in [0.1, 0.15) is 147 Å². The Balaban J connectivity index is 0.000000166. The van der Waals surface area contributed by atoms with E-state index < -0.39 is 51.2 Å². The highest BCUT2D eigenvalue weighted by Crippen LogP contribution is 2.42. The van der Waals surface area contributed by atoms with Crippen LogP contribution >= 0.6 is 51.7 Å². The maximum Gasteiger partial charge on any atom is 0.375 e. The third-order valence-electron chi connectivity index (χ3n) is 24.1. The first kappa shape index (κ1) is 105. The minimum atomic E-state index is -3.63. The predicted molar refractivity (Wildman–Crippen MR) is 486 cm³/mol. The molecule has 0 amide bonds. The Kier molecular flexibility index (Phi) is 37.4. The Hall–Kier alpha value is -7.85. The van der Waals surface area contributed by atoms with Gasteiger partial charge in [0, 0.05) is 225 Å². The first-order valence-electron chi connectivity index (χ1n) is 43.7. The number of thiocarbonyl (C=S) groups is 1. The molecule has 3 N–H and O–H groups in total. The quantitative estimate of drug-likeness (QED) is 0.00938. The van der Waals surface area contributed by atoms with Gasteiger partial charge in [-0.1, -0.05) is 51.7 Å². The average Bonchev–Trinajstić information content (AvgIpc) is 0.809. The van der Waals surface area contributed by atoms with E-state index in [1.165, 1.54) is 23.5 Å². The summed E-state index contributed by atoms with van der Waals surface area (Å²) in [4.78, 5) is 81.8. The number of alkyl halides is 11. The number of anilines is 5. The lowest BCUT2D eigenvalue weighted by atomic mass is 9.91. The van der Waals surface area contributed by atoms with Crippen LogP contribution in [0.4, 0.5) is 73.0 Å². The van der Waals surface area contributed by atoms with Gasteiger partial charge in [0.1, 0.15) is 70.7 Å². The average molecular weight is 2000 g/mol. The molecule has 5 aromatic heterocycles. The summed E-state index contributed by atoms with van der Waals surface area (Å²) in [6.07, 6.45) is 8.37. The molecule has 728 valence electrons. The number of carbonyl (C=O) groups is 2. The fraction of sp³-hybridized carbons (Fsp3) is 0.714. The van der Waals surface area contributed by atoms with Gasteiger partial charge < -0.3 is 59.1 Å². The first-order valence-corrected chi connectivity index (χ1v) is 49.5. The molecule has 0 radical (unpaired) electrons. The van der Waals surface area contributed by atoms with Gasteiger partial charge >= 0.3 is 5.97 Å². The fourth-order valence-electron chi connectivity index (χ4n) is 16.1. The molecule has 10 fully saturated rings. The Morgan fingerprint density at radius 3 is 1.09 bits per heavy atom. The van der Waals surface area contributed by atoms with Crippen LogP contribution in [-0.4, -0.2) is 349 Å². The summed E-state index contributed by atoms with van der Waals surface area (Å²) in [5.74, 6) is -8.82. The van der Waals surface area contributed by atoms with Gasteiger partial charge in [-0.15, -0.1) is 0 Å². The van der Waals surface area contributed by atoms with E-state index in [4.69, 9.17) is 46.9 Å². The zero-order chi connectivity index (χ0) is 95.7. The van der Waals surface area contributed by atoms with Gasteiger partial charge in [-0.3, -0.25) is 29.3 Å². The normalized spacial score (nSPS) is 21.1. The number of hydrogen-bond donors (Lipinski definition) is 2. The number of thioether (sulfide) groups is 2. The highest BCUT2D eigenvalue weighted by molar-refractivity contribution is 9.09. The van der Waals surface area contributed by atoms with Crippen molar-refractivity contribution in [3.63, 3.8) is 0 Å². The molecule has 0 spiro atoms. The Bertz CT molecular complexity index is 4730. The second-order valence-electron chi connectivity index (χ2n) is 35.1. The molecule has 47 heteroatoms. The van der Waals surface area contributed by atoms with Crippen LogP contribution in [0.2, 0.25) is 0 Å². The highest BCUT2D eigenvalue weighted by atomic mass is 79.9. The van der Waals surface area contributed by atoms with E-state index in [9.17, 15) is 61.9 Å². The lowest BCUT2D eigenvalue weighted by molar-refractivity contribution is -0.152. The summed E-state index contributed by atoms with van der Waals surface area (Å²) < 4.78 is 191. The molecule has 5 saturated heterocycles. The zero-order valence-corrected chi connectivity index (χ0v) is 81.0. The number of carbonyl (C=O) groups excluding carboxylic acids is 2. The maximum absolute atomic E-state index is 13.4. The second kappa shape index (κ2) is 46.6. The number of ether oxygens (including phenoxy) is 6. The number of nitrogens with one attached hydrogen (secondary N) is 1. The number of sulfone groups is 1. The molecule has 0 aromatic carbocycles. The summed E-state index contributed by atoms with van der Waals surface area (Å²) in [6, 6.07) is 10.5. The number of nitriles is 1. The van der Waals surface area contributed by atoms with E-state index in [1.807, 2.05) is 95.7 Å². The number of likely N-dealkylation sites (N-methyl/N-ethyl adjacent to an activating group) is 5. The summed E-state index contributed by atoms with van der Waals surface area (Å²) >= 11 is 10.7. The minimum Gasteiger partial charge on any atom is -0.471 e. The number of likely N-dealkylation sites (tertiary alicyclic amines) is 5. The highest BCUT2D eigenvalue weighted by Gasteiger charge is 2.43. The van der Waals surface area contributed by atoms with Crippen LogP contribution in [0.5, 0.6) is 29.4 Å². The van der Waals surface area contributed by atoms with Crippen molar-refractivity contribution in [3.8, 4) is 35.5 Å². The van der Waals surface area contributed by atoms with Gasteiger partial charge in [0.15, 0.2) is 16.1 Å². The van der Waals surface area contributed by atoms with E-state index in [2.05, 4.69) is 100 Å². The number of rotatable bonds is 27. The molecular formula is C84H121BrF10N22O10S4. The molecule has 5 saturated carbocycles. The van der Waals surface area contributed by atoms with Crippen LogP contribution in [0, 0.1) is 11.3 Å². The number of nitrogens with zero attached hydrogens (tertiary/aromatic N) is 20. The van der Waals surface area contributed by atoms with Crippen molar-refractivity contribution in [2.45, 2.75) is 241 Å². The molecular weight excluding hydrogens is 1880 g/mol. The van der Waals surface area contributed by atoms with Crippen molar-refractivity contribution in [2.75, 3.05) is 184 Å². The van der Waals surface area contributed by atoms with E-state index >= 15 is 0 Å². The number of hydrogen-bond acceptors (Lipinski definition) is 34. The summed E-state index contributed by atoms with van der Waals surface area (Å²) in [6.45, 7) is 10.2. The molecule has 5 aromatic rings. The number of aromatic nitrogens is 10. The summed E-state index contributed by atoms with van der Waals surface area (Å²) in [5.41, 5.74) is 5.69. The van der Waals surface area contributed by atoms with Crippen molar-refractivity contribution in [2.24, 2.45) is 5.73 Å². The third-order valence-corrected chi connectivity index (χ3v) is 26.7. The van der Waals surface area contributed by atoms with E-state index in [1.54, 1.807) is 43.1 Å². The standard InChI is InChI=1S/C16H23F2N5OS.C16H21F2N5O.C16H24F2N4O3S.C16H24F2N4OS.C15H22F2N4OS.C5H7BrO3/c1-22-8-11(9-22)24-13-7-12(20-15(21-13)14(19)25)23(2)10-3-5-16(17,18)6-4-10;1-22-9-12(10-22)24-15-7-14(20-13(8-19)21-15)23(2)11-3-5-16(17,18)6-4-11;1-21-9-12(10-21)25-14-8-13(19-15(20-14)26(3,23)24)22(2)11-4-6-16(17,18)7-5-11;1-21-9-12(10-21)23-14-8-13(19-15(20-14)24-3)22(2)11-4-6-16(17,18)7-5-11;1-21-8-11(9-21)22-13-7-12(19-14(20-13)23-2)18-10-3-5-15(16,17)6-4-10;1-2-9-5(8)4(7)3-6/h7,10-11H,3-6,8-9H2,1-2H3,(H2,19,25);7,11-12H,3-6,9-10H2,1-2H3;8,11-12H,4-7,9-10H2,1-3H3;8,11-12H,4-7,9-10H2,1-3H3;7,10-11H,3-6,8-9H2,1-2H3,(H,18,19,20);2-3H2,1H3. The van der Waals surface area contributed by atoms with Crippen molar-refractivity contribution < 1.29 is 90.3 Å². The van der Waals surface area contributed by atoms with Crippen LogP contribution in [0.3, 0.4) is 0 Å². The fourth-order valence-corrected chi connectivity index (χ4v) is 17.7. The van der Waals surface area contributed by atoms with Gasteiger partial charge in [0.05, 0.1) is 11.9 Å². The molecule has 10 heterocycles. The Morgan fingerprint density at radius 2 is 0.779 bits per heavy atom. The number of halogens is 11. The van der Waals surface area contributed by atoms with Crippen LogP contribution in [-0.2, 0) is 24.2 Å². The molecule has 32 nitrogen and oxygen atoms in total. The number of ketones is 1. The molecule has 0 atom stereocenters. The van der Waals surface area contributed by atoms with Gasteiger partial charge in [-0.2, -0.15) is 30.2 Å². The molecule has 5 aliphatic heterocycles. The van der Waals surface area contributed by atoms with Crippen molar-refractivity contribution in [3.05, 3.63) is 42.0 Å². The van der Waals surface area contributed by atoms with E-state index in [0.29, 0.717) is 121 Å². The number of Topliss-reactive ketones (excluding diaryl/α,β-unsaturated/α-hetero) is 1. The predicted octanol–water partition coefficient (Wildman–Crippen LogP) is 11.8.